The number of likely N-dealkylation sites (N-methyl/N-ethyl adjacent to an activating group) is 1. The van der Waals surface area contributed by atoms with Crippen molar-refractivity contribution in [2.75, 3.05) is 63.1 Å². The molecule has 2 saturated heterocycles. The Morgan fingerprint density at radius 1 is 1.08 bits per heavy atom. The van der Waals surface area contributed by atoms with E-state index in [9.17, 15) is 9.59 Å². The summed E-state index contributed by atoms with van der Waals surface area (Å²) < 4.78 is 5.96. The van der Waals surface area contributed by atoms with Gasteiger partial charge in [0, 0.05) is 80.7 Å². The lowest BCUT2D eigenvalue weighted by Gasteiger charge is -2.35. The molecule has 1 aromatic heterocycles. The van der Waals surface area contributed by atoms with E-state index in [1.54, 1.807) is 35.5 Å². The van der Waals surface area contributed by atoms with Gasteiger partial charge in [0.1, 0.15) is 6.23 Å². The quantitative estimate of drug-likeness (QED) is 0.487. The number of amides is 2. The lowest BCUT2D eigenvalue weighted by molar-refractivity contribution is 0.0255. The summed E-state index contributed by atoms with van der Waals surface area (Å²) in [7, 11) is 2.15. The average Bonchev–Trinajstić information content (AvgIpc) is 2.96. The van der Waals surface area contributed by atoms with E-state index in [4.69, 9.17) is 4.74 Å². The molecule has 0 saturated carbocycles. The van der Waals surface area contributed by atoms with Crippen LogP contribution in [-0.4, -0.2) is 85.7 Å². The molecule has 39 heavy (non-hydrogen) atoms. The molecule has 2 fully saturated rings. The molecule has 3 heterocycles. The largest absolute Gasteiger partial charge is 0.355 e. The van der Waals surface area contributed by atoms with Gasteiger partial charge in [0.25, 0.3) is 11.8 Å². The molecule has 0 radical (unpaired) electrons. The van der Waals surface area contributed by atoms with Crippen molar-refractivity contribution in [3.05, 3.63) is 89.2 Å². The van der Waals surface area contributed by atoms with Crippen LogP contribution in [0.4, 0.5) is 11.4 Å². The number of pyridine rings is 1. The molecule has 9 heteroatoms. The van der Waals surface area contributed by atoms with Crippen LogP contribution in [0.25, 0.3) is 0 Å². The van der Waals surface area contributed by atoms with E-state index >= 15 is 0 Å². The van der Waals surface area contributed by atoms with E-state index in [1.165, 1.54) is 5.56 Å². The number of anilines is 2. The predicted octanol–water partition coefficient (Wildman–Crippen LogP) is 2.98. The lowest BCUT2D eigenvalue weighted by Crippen LogP contribution is -2.52. The number of benzene rings is 2. The second-order valence-corrected chi connectivity index (χ2v) is 10.2. The Morgan fingerprint density at radius 2 is 1.87 bits per heavy atom. The van der Waals surface area contributed by atoms with Crippen LogP contribution in [0.2, 0.25) is 0 Å². The number of nitrogens with zero attached hydrogens (tertiary/aromatic N) is 4. The van der Waals surface area contributed by atoms with Gasteiger partial charge in [-0.1, -0.05) is 18.2 Å². The number of aromatic nitrogens is 1. The smallest absolute Gasteiger partial charge is 0.260 e. The molecular formula is C30H36N6O3. The molecule has 5 rings (SSSR count). The molecule has 204 valence electrons. The second kappa shape index (κ2) is 12.5. The van der Waals surface area contributed by atoms with Crippen molar-refractivity contribution in [2.45, 2.75) is 19.7 Å². The van der Waals surface area contributed by atoms with Crippen LogP contribution in [0, 0.1) is 6.92 Å². The summed E-state index contributed by atoms with van der Waals surface area (Å²) in [5.41, 5.74) is 4.35. The van der Waals surface area contributed by atoms with Crippen LogP contribution >= 0.6 is 0 Å². The maximum absolute atomic E-state index is 13.6. The van der Waals surface area contributed by atoms with Crippen molar-refractivity contribution in [2.24, 2.45) is 0 Å². The molecule has 2 N–H and O–H groups in total. The van der Waals surface area contributed by atoms with Gasteiger partial charge in [-0.3, -0.25) is 24.4 Å². The molecule has 9 nitrogen and oxygen atoms in total. The number of carbonyl (C=O) groups is 2. The van der Waals surface area contributed by atoms with E-state index in [2.05, 4.69) is 38.5 Å². The van der Waals surface area contributed by atoms with Gasteiger partial charge >= 0.3 is 0 Å². The molecule has 3 aromatic rings. The normalized spacial score (nSPS) is 18.5. The van der Waals surface area contributed by atoms with Crippen molar-refractivity contribution in [3.8, 4) is 0 Å². The summed E-state index contributed by atoms with van der Waals surface area (Å²) in [6.45, 7) is 8.67. The molecule has 0 bridgehead atoms. The maximum Gasteiger partial charge on any atom is 0.260 e. The number of hydrogen-bond donors (Lipinski definition) is 2. The van der Waals surface area contributed by atoms with Crippen molar-refractivity contribution in [1.29, 1.82) is 0 Å². The Balaban J connectivity index is 1.36. The van der Waals surface area contributed by atoms with E-state index in [1.807, 2.05) is 37.3 Å². The van der Waals surface area contributed by atoms with Crippen LogP contribution in [0.1, 0.15) is 31.8 Å². The Kier molecular flexibility index (Phi) is 8.63. The maximum atomic E-state index is 13.6. The fourth-order valence-electron chi connectivity index (χ4n) is 4.98. The minimum Gasteiger partial charge on any atom is -0.355 e. The fourth-order valence-corrected chi connectivity index (χ4v) is 4.98. The summed E-state index contributed by atoms with van der Waals surface area (Å²) >= 11 is 0. The van der Waals surface area contributed by atoms with Crippen LogP contribution in [-0.2, 0) is 11.3 Å². The lowest BCUT2D eigenvalue weighted by atomic mass is 10.1. The highest BCUT2D eigenvalue weighted by Gasteiger charge is 2.29. The first-order valence-corrected chi connectivity index (χ1v) is 13.5. The minimum absolute atomic E-state index is 0.210. The van der Waals surface area contributed by atoms with Gasteiger partial charge in [0.2, 0.25) is 0 Å². The molecule has 1 atom stereocenters. The number of carbonyl (C=O) groups excluding carboxylic acids is 2. The molecule has 2 aliphatic rings. The van der Waals surface area contributed by atoms with Gasteiger partial charge in [0.15, 0.2) is 0 Å². The van der Waals surface area contributed by atoms with Gasteiger partial charge in [-0.25, -0.2) is 0 Å². The standard InChI is InChI=1S/C30H36N6O3/c1-22-6-7-26(36(28-20-32-12-17-39-28)30(38)24-8-10-31-11-9-24)19-27(22)29(37)33-25-5-3-4-23(18-25)21-35-15-13-34(2)14-16-35/h3-11,18-19,28,32H,12-17,20-21H2,1-2H3,(H,33,37). The predicted molar refractivity (Wildman–Crippen MR) is 152 cm³/mol. The molecule has 2 aliphatic heterocycles. The number of hydrogen-bond acceptors (Lipinski definition) is 7. The molecule has 0 spiro atoms. The highest BCUT2D eigenvalue weighted by molar-refractivity contribution is 6.09. The number of aryl methyl sites for hydroxylation is 1. The first-order chi connectivity index (χ1) is 19.0. The van der Waals surface area contributed by atoms with Gasteiger partial charge in [-0.2, -0.15) is 0 Å². The van der Waals surface area contributed by atoms with Gasteiger partial charge in [0.05, 0.1) is 6.61 Å². The van der Waals surface area contributed by atoms with Crippen molar-refractivity contribution in [3.63, 3.8) is 0 Å². The SMILES string of the molecule is Cc1ccc(N(C(=O)c2ccncc2)C2CNCCO2)cc1C(=O)Nc1cccc(CN2CCN(C)CC2)c1. The zero-order valence-electron chi connectivity index (χ0n) is 22.6. The first kappa shape index (κ1) is 27.0. The Labute approximate surface area is 229 Å². The van der Waals surface area contributed by atoms with Gasteiger partial charge < -0.3 is 20.3 Å². The van der Waals surface area contributed by atoms with E-state index in [-0.39, 0.29) is 11.8 Å². The summed E-state index contributed by atoms with van der Waals surface area (Å²) in [5.74, 6) is -0.428. The molecule has 2 amide bonds. The average molecular weight is 529 g/mol. The first-order valence-electron chi connectivity index (χ1n) is 13.5. The highest BCUT2D eigenvalue weighted by atomic mass is 16.5. The summed E-state index contributed by atoms with van der Waals surface area (Å²) in [4.78, 5) is 37.5. The van der Waals surface area contributed by atoms with E-state index in [0.717, 1.165) is 50.5 Å². The second-order valence-electron chi connectivity index (χ2n) is 10.2. The van der Waals surface area contributed by atoms with Crippen LogP contribution < -0.4 is 15.5 Å². The topological polar surface area (TPSA) is 90.0 Å². The van der Waals surface area contributed by atoms with Crippen molar-refractivity contribution >= 4 is 23.2 Å². The van der Waals surface area contributed by atoms with Crippen LogP contribution in [0.5, 0.6) is 0 Å². The van der Waals surface area contributed by atoms with Gasteiger partial charge in [-0.05, 0) is 61.5 Å². The van der Waals surface area contributed by atoms with Crippen molar-refractivity contribution in [1.82, 2.24) is 20.1 Å². The minimum atomic E-state index is -0.496. The number of morpholine rings is 1. The van der Waals surface area contributed by atoms with Crippen LogP contribution in [0.15, 0.2) is 67.0 Å². The highest BCUT2D eigenvalue weighted by Crippen LogP contribution is 2.26. The third-order valence-corrected chi connectivity index (χ3v) is 7.27. The zero-order chi connectivity index (χ0) is 27.2. The zero-order valence-corrected chi connectivity index (χ0v) is 22.6. The van der Waals surface area contributed by atoms with E-state index in [0.29, 0.717) is 30.0 Å². The van der Waals surface area contributed by atoms with Crippen molar-refractivity contribution < 1.29 is 14.3 Å². The monoisotopic (exact) mass is 528 g/mol. The third kappa shape index (κ3) is 6.69. The molecule has 0 aliphatic carbocycles. The molecule has 1 unspecified atom stereocenters. The number of piperazine rings is 1. The Bertz CT molecular complexity index is 1290. The van der Waals surface area contributed by atoms with Gasteiger partial charge in [-0.15, -0.1) is 0 Å². The number of rotatable bonds is 7. The fraction of sp³-hybridized carbons (Fsp3) is 0.367. The van der Waals surface area contributed by atoms with Crippen LogP contribution in [0.3, 0.4) is 0 Å². The summed E-state index contributed by atoms with van der Waals surface area (Å²) in [6, 6.07) is 16.9. The number of nitrogens with one attached hydrogen (secondary N) is 2. The molecular weight excluding hydrogens is 492 g/mol. The number of ether oxygens (including phenoxy) is 1. The molecule has 2 aromatic carbocycles. The van der Waals surface area contributed by atoms with E-state index < -0.39 is 6.23 Å². The Morgan fingerprint density at radius 3 is 2.62 bits per heavy atom. The summed E-state index contributed by atoms with van der Waals surface area (Å²) in [6.07, 6.45) is 2.69. The third-order valence-electron chi connectivity index (χ3n) is 7.27. The summed E-state index contributed by atoms with van der Waals surface area (Å²) in [5, 5.41) is 6.36. The Hall–Kier alpha value is -3.63.